The number of carbonyl (C=O) groups is 1. The van der Waals surface area contributed by atoms with Crippen molar-refractivity contribution in [2.45, 2.75) is 51.1 Å². The number of nitriles is 1. The van der Waals surface area contributed by atoms with Gasteiger partial charge in [-0.15, -0.1) is 0 Å². The van der Waals surface area contributed by atoms with E-state index in [1.807, 2.05) is 0 Å². The van der Waals surface area contributed by atoms with Gasteiger partial charge in [-0.3, -0.25) is 4.79 Å². The number of H-pyrrole nitrogens is 1. The quantitative estimate of drug-likeness (QED) is 0.574. The Hall–Kier alpha value is -3.18. The fourth-order valence-corrected chi connectivity index (χ4v) is 3.83. The largest absolute Gasteiger partial charge is 0.351 e. The van der Waals surface area contributed by atoms with Gasteiger partial charge in [-0.25, -0.2) is 15.0 Å². The third-order valence-electron chi connectivity index (χ3n) is 5.34. The Balaban J connectivity index is 1.65. The van der Waals surface area contributed by atoms with Crippen molar-refractivity contribution in [2.24, 2.45) is 0 Å². The van der Waals surface area contributed by atoms with Crippen LogP contribution in [0.15, 0.2) is 24.7 Å². The zero-order valence-corrected chi connectivity index (χ0v) is 17.5. The minimum absolute atomic E-state index is 0.105. The molecule has 1 amide bonds. The van der Waals surface area contributed by atoms with Gasteiger partial charge in [0.05, 0.1) is 22.5 Å². The maximum Gasteiger partial charge on any atom is 0.245 e. The zero-order chi connectivity index (χ0) is 21.3. The van der Waals surface area contributed by atoms with Crippen molar-refractivity contribution in [3.63, 3.8) is 0 Å². The molecule has 3 aromatic heterocycles. The summed E-state index contributed by atoms with van der Waals surface area (Å²) in [5.74, 6) is 0.159. The summed E-state index contributed by atoms with van der Waals surface area (Å²) in [4.78, 5) is 28.9. The summed E-state index contributed by atoms with van der Waals surface area (Å²) >= 11 is 6.10. The number of nitrogens with one attached hydrogen (secondary N) is 3. The van der Waals surface area contributed by atoms with E-state index in [1.54, 1.807) is 32.3 Å². The first-order valence-electron chi connectivity index (χ1n) is 9.86. The van der Waals surface area contributed by atoms with Gasteiger partial charge in [0.2, 0.25) is 11.9 Å². The van der Waals surface area contributed by atoms with E-state index in [2.05, 4.69) is 36.6 Å². The predicted molar refractivity (Wildman–Crippen MR) is 115 cm³/mol. The molecule has 1 fully saturated rings. The Kier molecular flexibility index (Phi) is 5.31. The molecule has 0 aliphatic heterocycles. The monoisotopic (exact) mass is 423 g/mol. The molecule has 0 bridgehead atoms. The highest BCUT2D eigenvalue weighted by atomic mass is 35.5. The van der Waals surface area contributed by atoms with Crippen LogP contribution in [0.1, 0.15) is 45.1 Å². The van der Waals surface area contributed by atoms with Crippen LogP contribution < -0.4 is 10.6 Å². The van der Waals surface area contributed by atoms with Gasteiger partial charge >= 0.3 is 0 Å². The molecule has 3 N–H and O–H groups in total. The van der Waals surface area contributed by atoms with Crippen molar-refractivity contribution in [3.8, 4) is 17.3 Å². The topological polar surface area (TPSA) is 119 Å². The summed E-state index contributed by atoms with van der Waals surface area (Å²) in [6, 6.07) is 4.12. The lowest BCUT2D eigenvalue weighted by Crippen LogP contribution is -2.50. The van der Waals surface area contributed by atoms with E-state index in [1.165, 1.54) is 6.20 Å². The summed E-state index contributed by atoms with van der Waals surface area (Å²) in [5.41, 5.74) is 1.17. The number of fused-ring (bicyclic) bond motifs is 1. The number of amides is 1. The molecule has 30 heavy (non-hydrogen) atoms. The van der Waals surface area contributed by atoms with Crippen LogP contribution in [0.2, 0.25) is 5.02 Å². The standard InChI is InChI=1S/C21H22ClN7O/c1-21(2,19(30)27-14-5-3-4-6-14)29-20-26-9-12(8-23)17(28-20)16-11-25-18-15(16)7-13(22)10-24-18/h7,9-11,14H,3-6H2,1-2H3,(H,24,25)(H,27,30)(H,26,28,29). The summed E-state index contributed by atoms with van der Waals surface area (Å²) < 4.78 is 0. The number of halogens is 1. The molecule has 1 aliphatic rings. The van der Waals surface area contributed by atoms with Crippen LogP contribution in [0, 0.1) is 11.3 Å². The van der Waals surface area contributed by atoms with Gasteiger partial charge in [0.25, 0.3) is 0 Å². The van der Waals surface area contributed by atoms with Crippen LogP contribution in [0.5, 0.6) is 0 Å². The normalized spacial score (nSPS) is 14.6. The molecule has 1 aliphatic carbocycles. The Morgan fingerprint density at radius 2 is 2.07 bits per heavy atom. The fourth-order valence-electron chi connectivity index (χ4n) is 3.68. The van der Waals surface area contributed by atoms with Gasteiger partial charge in [0, 0.05) is 29.4 Å². The molecule has 154 valence electrons. The Morgan fingerprint density at radius 3 is 2.80 bits per heavy atom. The molecule has 1 saturated carbocycles. The van der Waals surface area contributed by atoms with E-state index in [0.29, 0.717) is 27.5 Å². The van der Waals surface area contributed by atoms with E-state index in [-0.39, 0.29) is 17.9 Å². The van der Waals surface area contributed by atoms with E-state index in [0.717, 1.165) is 31.1 Å². The highest BCUT2D eigenvalue weighted by Gasteiger charge is 2.31. The predicted octanol–water partition coefficient (Wildman–Crippen LogP) is 3.79. The number of carbonyl (C=O) groups excluding carboxylic acids is 1. The third-order valence-corrected chi connectivity index (χ3v) is 5.55. The summed E-state index contributed by atoms with van der Waals surface area (Å²) in [7, 11) is 0. The summed E-state index contributed by atoms with van der Waals surface area (Å²) in [6.07, 6.45) is 9.04. The van der Waals surface area contributed by atoms with Gasteiger partial charge < -0.3 is 15.6 Å². The van der Waals surface area contributed by atoms with Crippen LogP contribution in [-0.2, 0) is 4.79 Å². The average Bonchev–Trinajstić information content (AvgIpc) is 3.37. The van der Waals surface area contributed by atoms with E-state index >= 15 is 0 Å². The average molecular weight is 424 g/mol. The maximum atomic E-state index is 12.8. The molecular formula is C21H22ClN7O. The number of hydrogen-bond donors (Lipinski definition) is 3. The van der Waals surface area contributed by atoms with E-state index in [4.69, 9.17) is 11.6 Å². The molecule has 8 nitrogen and oxygen atoms in total. The minimum Gasteiger partial charge on any atom is -0.351 e. The lowest BCUT2D eigenvalue weighted by molar-refractivity contribution is -0.125. The van der Waals surface area contributed by atoms with Crippen LogP contribution in [0.4, 0.5) is 5.95 Å². The van der Waals surface area contributed by atoms with Gasteiger partial charge in [0.15, 0.2) is 0 Å². The molecule has 9 heteroatoms. The van der Waals surface area contributed by atoms with E-state index < -0.39 is 5.54 Å². The Labute approximate surface area is 179 Å². The third kappa shape index (κ3) is 3.94. The number of pyridine rings is 1. The van der Waals surface area contributed by atoms with Crippen molar-refractivity contribution in [2.75, 3.05) is 5.32 Å². The summed E-state index contributed by atoms with van der Waals surface area (Å²) in [6.45, 7) is 3.57. The van der Waals surface area contributed by atoms with Crippen molar-refractivity contribution in [3.05, 3.63) is 35.2 Å². The van der Waals surface area contributed by atoms with Crippen LogP contribution in [0.25, 0.3) is 22.3 Å². The van der Waals surface area contributed by atoms with E-state index in [9.17, 15) is 10.1 Å². The number of rotatable bonds is 5. The van der Waals surface area contributed by atoms with Crippen LogP contribution in [-0.4, -0.2) is 37.4 Å². The van der Waals surface area contributed by atoms with Gasteiger partial charge in [-0.1, -0.05) is 24.4 Å². The first kappa shape index (κ1) is 20.1. The molecule has 0 unspecified atom stereocenters. The highest BCUT2D eigenvalue weighted by molar-refractivity contribution is 6.31. The number of aromatic nitrogens is 4. The number of aromatic amines is 1. The van der Waals surface area contributed by atoms with Crippen molar-refractivity contribution < 1.29 is 4.79 Å². The zero-order valence-electron chi connectivity index (χ0n) is 16.8. The van der Waals surface area contributed by atoms with Gasteiger partial charge in [-0.2, -0.15) is 5.26 Å². The van der Waals surface area contributed by atoms with Gasteiger partial charge in [-0.05, 0) is 32.8 Å². The molecule has 0 atom stereocenters. The van der Waals surface area contributed by atoms with Crippen LogP contribution >= 0.6 is 11.6 Å². The Bertz CT molecular complexity index is 1140. The van der Waals surface area contributed by atoms with Crippen molar-refractivity contribution >= 4 is 34.5 Å². The smallest absolute Gasteiger partial charge is 0.245 e. The molecule has 0 spiro atoms. The molecule has 3 aromatic rings. The number of anilines is 1. The molecule has 0 aromatic carbocycles. The molecule has 4 rings (SSSR count). The fraction of sp³-hybridized carbons (Fsp3) is 0.381. The maximum absolute atomic E-state index is 12.8. The second-order valence-electron chi connectivity index (χ2n) is 8.02. The Morgan fingerprint density at radius 1 is 1.30 bits per heavy atom. The number of hydrogen-bond acceptors (Lipinski definition) is 6. The van der Waals surface area contributed by atoms with Crippen molar-refractivity contribution in [1.29, 1.82) is 5.26 Å². The molecule has 0 saturated heterocycles. The lowest BCUT2D eigenvalue weighted by Gasteiger charge is -2.27. The second kappa shape index (κ2) is 7.92. The van der Waals surface area contributed by atoms with Crippen molar-refractivity contribution in [1.82, 2.24) is 25.3 Å². The second-order valence-corrected chi connectivity index (χ2v) is 8.46. The lowest BCUT2D eigenvalue weighted by atomic mass is 10.0. The number of nitrogens with zero attached hydrogens (tertiary/aromatic N) is 4. The first-order valence-corrected chi connectivity index (χ1v) is 10.2. The SMILES string of the molecule is CC(C)(Nc1ncc(C#N)c(-c2c[nH]c3ncc(Cl)cc23)n1)C(=O)NC1CCCC1. The highest BCUT2D eigenvalue weighted by Crippen LogP contribution is 2.31. The molecular weight excluding hydrogens is 402 g/mol. The minimum atomic E-state index is -0.918. The molecule has 3 heterocycles. The molecule has 0 radical (unpaired) electrons. The van der Waals surface area contributed by atoms with Crippen LogP contribution in [0.3, 0.4) is 0 Å². The first-order chi connectivity index (χ1) is 14.4. The van der Waals surface area contributed by atoms with Gasteiger partial charge in [0.1, 0.15) is 17.3 Å². The summed E-state index contributed by atoms with van der Waals surface area (Å²) in [5, 5.41) is 17.0.